The zero-order valence-corrected chi connectivity index (χ0v) is 78.8. The highest BCUT2D eigenvalue weighted by Gasteiger charge is 2.49. The van der Waals surface area contributed by atoms with Gasteiger partial charge in [-0.2, -0.15) is 35.4 Å². The second-order valence-electron chi connectivity index (χ2n) is 36.9. The number of β-amino-alcohol motifs (C(OH)–C–C–N with tert-alkyl or cyclic N) is 1. The van der Waals surface area contributed by atoms with Crippen LogP contribution in [0.25, 0.3) is 90.3 Å². The van der Waals surface area contributed by atoms with Crippen molar-refractivity contribution in [3.05, 3.63) is 259 Å². The number of aliphatic hydroxyl groups is 1. The summed E-state index contributed by atoms with van der Waals surface area (Å²) in [6.45, 7) is 9.36. The number of piperazine rings is 1. The first-order chi connectivity index (χ1) is 69.3. The SMILES string of the molecule is C.CCOC(=O)CCN1CCN(c2ccc(-c3nc(C4(c5ccc(-c6cnc(N)nc6)cc5)CCC4)no3)cn2)CC1.CO[C@H]1CCN(C(=O)Cn2cc(-c3nc(C4(c5ccc(-c6cnc(N)nc6)cc5)CCC4)no3)cn2)C1.Cn1cc(-c2nc(C3(c4ccc(-c5cnc(N)c(C#N)c5)cc4)CCC3)no2)cn1.Nc1ncc(-c2ccc(C3(c4noc(-c5ccc(N6CC[C@H](O)C6)nc5)n4)CCC3)cc2)cn1. The quantitative estimate of drug-likeness (QED) is 0.0332. The van der Waals surface area contributed by atoms with Crippen LogP contribution in [-0.4, -0.2) is 217 Å². The molecule has 4 aliphatic carbocycles. The smallest absolute Gasteiger partial charge is 0.307 e. The number of nitriles is 1. The number of amides is 1. The molecule has 4 aromatic carbocycles. The number of rotatable bonds is 25. The molecule has 2 atom stereocenters. The number of aryl methyl sites for hydroxylation is 1. The molecule has 0 radical (unpaired) electrons. The Morgan fingerprint density at radius 2 is 0.839 bits per heavy atom. The Morgan fingerprint density at radius 3 is 1.20 bits per heavy atom. The number of benzene rings is 4. The molecule has 7 aliphatic rings. The molecule has 0 unspecified atom stereocenters. The van der Waals surface area contributed by atoms with Crippen molar-refractivity contribution in [3.8, 4) is 96.4 Å². The van der Waals surface area contributed by atoms with E-state index in [1.165, 1.54) is 11.1 Å². The van der Waals surface area contributed by atoms with Gasteiger partial charge in [0.2, 0.25) is 23.8 Å². The van der Waals surface area contributed by atoms with Crippen molar-refractivity contribution in [1.82, 2.24) is 115 Å². The molecule has 1 amide bonds. The van der Waals surface area contributed by atoms with Crippen LogP contribution in [0, 0.1) is 11.3 Å². The van der Waals surface area contributed by atoms with E-state index in [0.29, 0.717) is 90.6 Å². The van der Waals surface area contributed by atoms with E-state index < -0.39 is 0 Å². The van der Waals surface area contributed by atoms with Gasteiger partial charge in [0.15, 0.2) is 23.3 Å². The Morgan fingerprint density at radius 1 is 0.448 bits per heavy atom. The van der Waals surface area contributed by atoms with Crippen molar-refractivity contribution in [2.24, 2.45) is 7.05 Å². The molecular weight excluding hydrogens is 1810 g/mol. The van der Waals surface area contributed by atoms with Crippen LogP contribution in [0.3, 0.4) is 0 Å². The molecule has 15 heterocycles. The fourth-order valence-electron chi connectivity index (χ4n) is 19.4. The molecule has 9 N–H and O–H groups in total. The number of esters is 1. The number of hydrogen-bond acceptors (Lipinski definition) is 36. The number of pyridine rings is 3. The van der Waals surface area contributed by atoms with Crippen molar-refractivity contribution >= 4 is 47.2 Å². The Bertz CT molecular complexity index is 7090. The first-order valence-corrected chi connectivity index (χ1v) is 47.8. The summed E-state index contributed by atoms with van der Waals surface area (Å²) >= 11 is 0. The van der Waals surface area contributed by atoms with Crippen molar-refractivity contribution in [2.75, 3.05) is 105 Å². The Kier molecular flexibility index (Phi) is 27.8. The van der Waals surface area contributed by atoms with E-state index in [1.54, 1.807) is 96.9 Å². The number of aliphatic hydroxyl groups excluding tert-OH is 1. The number of anilines is 6. The summed E-state index contributed by atoms with van der Waals surface area (Å²) in [6.07, 6.45) is 36.7. The van der Waals surface area contributed by atoms with Gasteiger partial charge in [-0.3, -0.25) is 23.9 Å². The summed E-state index contributed by atoms with van der Waals surface area (Å²) in [5.41, 5.74) is 37.3. The summed E-state index contributed by atoms with van der Waals surface area (Å²) in [5.74, 6) is 7.31. The topological polar surface area (TPSA) is 521 Å². The normalized spacial score (nSPS) is 17.3. The lowest BCUT2D eigenvalue weighted by atomic mass is 9.64. The molecule has 3 aliphatic heterocycles. The van der Waals surface area contributed by atoms with Crippen LogP contribution in [0.2, 0.25) is 0 Å². The van der Waals surface area contributed by atoms with Crippen molar-refractivity contribution in [1.29, 1.82) is 5.26 Å². The standard InChI is InChI=1S/C30H34N8O3.C26H28N8O3.C25H25N7O2.C22H19N7O.CH4/c1-2-40-26(39)10-13-37-14-16-38(17-15-37)25-9-6-22(18-32-25)27-35-28(36-41-27)30(11-3-12-30)24-7-4-21(5-8-24)23-19-33-29(31)34-20-23;1-36-21-7-10-33(15-21)22(35)16-34-14-19(13-30-34)23-31-24(32-37-23)26(8-2-9-26)20-5-3-17(4-6-20)18-11-28-25(27)29-12-18;26-24-28-13-18(14-29-24)16-2-5-19(6-3-16)25(9-1-10-25)23-30-22(34-31-23)17-4-7-21(27-12-17)32-11-8-20(33)15-32;1-29-13-17(12-26-29)20-27-21(28-30-20)22(7-2-8-22)18-5-3-14(4-6-18)16-9-15(10-23)19(24)25-11-16;/h4-9,18-20H,2-3,10-17H2,1H3,(H2,31,33,34);3-6,11-14,21H,2,7-10,15-16H2,1H3,(H2,27,28,29);2-7,12-14,20,33H,1,8-11,15H2,(H2,26,28,29);3-6,9,11-13H,2,7-8H2,1H3,(H2,24,25);1H4/t;21-;20-;;/m.00../s1. The molecule has 3 saturated heterocycles. The number of hydrogen-bond donors (Lipinski definition) is 5. The fraction of sp³-hybridized carbons (Fsp3) is 0.346. The molecule has 730 valence electrons. The highest BCUT2D eigenvalue weighted by Crippen LogP contribution is 2.53. The molecule has 0 bridgehead atoms. The van der Waals surface area contributed by atoms with Gasteiger partial charge >= 0.3 is 5.97 Å². The Balaban J connectivity index is 0.000000121. The minimum atomic E-state index is -0.285. The summed E-state index contributed by atoms with van der Waals surface area (Å²) in [5, 5.41) is 44.9. The molecular formula is C104H110N30O9. The summed E-state index contributed by atoms with van der Waals surface area (Å²) in [4.78, 5) is 89.6. The van der Waals surface area contributed by atoms with E-state index in [0.717, 1.165) is 213 Å². The van der Waals surface area contributed by atoms with E-state index in [1.807, 2.05) is 61.5 Å². The third-order valence-corrected chi connectivity index (χ3v) is 28.5. The van der Waals surface area contributed by atoms with Gasteiger partial charge in [0.1, 0.15) is 30.1 Å². The van der Waals surface area contributed by atoms with Crippen LogP contribution < -0.4 is 32.7 Å². The van der Waals surface area contributed by atoms with Crippen molar-refractivity contribution in [2.45, 2.75) is 151 Å². The maximum absolute atomic E-state index is 12.6. The van der Waals surface area contributed by atoms with Gasteiger partial charge in [0.05, 0.1) is 87.1 Å². The molecule has 12 aromatic heterocycles. The molecule has 4 saturated carbocycles. The molecule has 23 rings (SSSR count). The lowest BCUT2D eigenvalue weighted by molar-refractivity contribution is -0.143. The number of likely N-dealkylation sites (tertiary alicyclic amines) is 1. The van der Waals surface area contributed by atoms with Crippen LogP contribution in [-0.2, 0) is 54.3 Å². The van der Waals surface area contributed by atoms with Crippen LogP contribution in [0.4, 0.5) is 35.3 Å². The molecule has 7 fully saturated rings. The van der Waals surface area contributed by atoms with E-state index in [-0.39, 0.29) is 83.4 Å². The van der Waals surface area contributed by atoms with E-state index in [2.05, 4.69) is 181 Å². The fourth-order valence-corrected chi connectivity index (χ4v) is 19.4. The lowest BCUT2D eigenvalue weighted by Gasteiger charge is -2.39. The first kappa shape index (κ1) is 95.6. The number of methoxy groups -OCH3 is 1. The number of nitrogens with two attached hydrogens (primary N) is 4. The number of carbonyl (C=O) groups excluding carboxylic acids is 2. The van der Waals surface area contributed by atoms with Gasteiger partial charge < -0.3 is 70.3 Å². The number of carbonyl (C=O) groups is 2. The number of ether oxygens (including phenoxy) is 2. The predicted octanol–water partition coefficient (Wildman–Crippen LogP) is 13.7. The number of nitrogens with zero attached hydrogens (tertiary/aromatic N) is 26. The van der Waals surface area contributed by atoms with Crippen molar-refractivity contribution < 1.29 is 42.3 Å². The van der Waals surface area contributed by atoms with Gasteiger partial charge in [0.25, 0.3) is 23.6 Å². The summed E-state index contributed by atoms with van der Waals surface area (Å²) in [7, 11) is 3.53. The number of aromatic nitrogens is 21. The third kappa shape index (κ3) is 20.2. The van der Waals surface area contributed by atoms with Gasteiger partial charge in [-0.05, 0) is 146 Å². The van der Waals surface area contributed by atoms with Crippen molar-refractivity contribution in [3.63, 3.8) is 0 Å². The Hall–Kier alpha value is -16.3. The summed E-state index contributed by atoms with van der Waals surface area (Å²) in [6, 6.07) is 45.1. The number of nitrogen functional groups attached to an aromatic ring is 4. The van der Waals surface area contributed by atoms with Crippen LogP contribution >= 0.6 is 0 Å². The van der Waals surface area contributed by atoms with Crippen LogP contribution in [0.5, 0.6) is 0 Å². The van der Waals surface area contributed by atoms with E-state index >= 15 is 0 Å². The highest BCUT2D eigenvalue weighted by atomic mass is 16.5. The maximum atomic E-state index is 12.6. The largest absolute Gasteiger partial charge is 0.466 e. The third-order valence-electron chi connectivity index (χ3n) is 28.5. The summed E-state index contributed by atoms with van der Waals surface area (Å²) < 4.78 is 36.3. The minimum Gasteiger partial charge on any atom is -0.466 e. The second kappa shape index (κ2) is 41.6. The predicted molar refractivity (Wildman–Crippen MR) is 532 cm³/mol. The van der Waals surface area contributed by atoms with Gasteiger partial charge in [0, 0.05) is 163 Å². The second-order valence-corrected chi connectivity index (χ2v) is 36.9. The lowest BCUT2D eigenvalue weighted by Crippen LogP contribution is -2.47. The average molecular weight is 1920 g/mol. The van der Waals surface area contributed by atoms with Crippen LogP contribution in [0.1, 0.15) is 162 Å². The van der Waals surface area contributed by atoms with Crippen LogP contribution in [0.15, 0.2) is 226 Å². The zero-order chi connectivity index (χ0) is 97.5. The zero-order valence-electron chi connectivity index (χ0n) is 78.8. The Labute approximate surface area is 824 Å². The van der Waals surface area contributed by atoms with E-state index in [4.69, 9.17) is 70.4 Å². The molecule has 39 nitrogen and oxygen atoms in total. The average Bonchev–Trinajstić information content (AvgIpc) is 1.71. The van der Waals surface area contributed by atoms with Gasteiger partial charge in [-0.15, -0.1) is 0 Å². The molecule has 0 spiro atoms. The first-order valence-electron chi connectivity index (χ1n) is 47.8. The minimum absolute atomic E-state index is 0. The monoisotopic (exact) mass is 1920 g/mol. The van der Waals surface area contributed by atoms with E-state index in [9.17, 15) is 20.0 Å². The maximum Gasteiger partial charge on any atom is 0.307 e. The van der Waals surface area contributed by atoms with Gasteiger partial charge in [-0.1, -0.05) is 151 Å². The molecule has 16 aromatic rings. The molecule has 39 heteroatoms. The molecule has 143 heavy (non-hydrogen) atoms. The highest BCUT2D eigenvalue weighted by molar-refractivity contribution is 5.77. The van der Waals surface area contributed by atoms with Gasteiger partial charge in [-0.25, -0.2) is 44.9 Å².